The van der Waals surface area contributed by atoms with E-state index in [0.29, 0.717) is 3.71 Å². The first-order chi connectivity index (χ1) is 5.28. The molecular weight excluding hydrogens is 202 g/mol. The van der Waals surface area contributed by atoms with Crippen LogP contribution < -0.4 is 0 Å². The minimum absolute atomic E-state index is 0.206. The van der Waals surface area contributed by atoms with E-state index in [0.717, 1.165) is 7.05 Å². The molecule has 0 fully saturated rings. The summed E-state index contributed by atoms with van der Waals surface area (Å²) in [7, 11) is -6.19. The van der Waals surface area contributed by atoms with Crippen molar-refractivity contribution in [2.45, 2.75) is 13.8 Å². The van der Waals surface area contributed by atoms with Gasteiger partial charge in [0.25, 0.3) is 0 Å². The van der Waals surface area contributed by atoms with Gasteiger partial charge in [-0.05, 0) is 13.8 Å². The number of nitrogens with zero attached hydrogens (tertiary/aromatic N) is 1. The Kier molecular flexibility index (Phi) is 3.67. The van der Waals surface area contributed by atoms with Gasteiger partial charge in [-0.25, -0.2) is 16.8 Å². The minimum atomic E-state index is -3.62. The van der Waals surface area contributed by atoms with Crippen LogP contribution in [0.4, 0.5) is 0 Å². The van der Waals surface area contributed by atoms with Crippen molar-refractivity contribution in [3.05, 3.63) is 0 Å². The van der Waals surface area contributed by atoms with Gasteiger partial charge in [0.2, 0.25) is 20.0 Å². The van der Waals surface area contributed by atoms with Crippen LogP contribution in [0.2, 0.25) is 0 Å². The van der Waals surface area contributed by atoms with Crippen molar-refractivity contribution in [2.75, 3.05) is 18.6 Å². The van der Waals surface area contributed by atoms with Gasteiger partial charge in [-0.1, -0.05) is 3.71 Å². The second kappa shape index (κ2) is 3.71. The lowest BCUT2D eigenvalue weighted by molar-refractivity contribution is 0.527. The van der Waals surface area contributed by atoms with Crippen LogP contribution in [0.25, 0.3) is 0 Å². The molecule has 0 amide bonds. The summed E-state index contributed by atoms with van der Waals surface area (Å²) in [6, 6.07) is 0. The fraction of sp³-hybridized carbons (Fsp3) is 1.00. The third kappa shape index (κ3) is 2.43. The van der Waals surface area contributed by atoms with Crippen LogP contribution in [0.5, 0.6) is 0 Å². The molecule has 0 unspecified atom stereocenters. The van der Waals surface area contributed by atoms with E-state index in [-0.39, 0.29) is 11.5 Å². The minimum Gasteiger partial charge on any atom is -0.211 e. The maximum atomic E-state index is 11.1. The maximum absolute atomic E-state index is 11.1. The third-order valence-corrected chi connectivity index (χ3v) is 5.90. The zero-order chi connectivity index (χ0) is 9.99. The molecule has 74 valence electrons. The smallest absolute Gasteiger partial charge is 0.211 e. The molecule has 0 bridgehead atoms. The Morgan fingerprint density at radius 1 is 0.917 bits per heavy atom. The van der Waals surface area contributed by atoms with Crippen LogP contribution in [0.3, 0.4) is 0 Å². The first kappa shape index (κ1) is 11.9. The average molecular weight is 215 g/mol. The lowest BCUT2D eigenvalue weighted by atomic mass is 11.0. The number of hydrogen-bond acceptors (Lipinski definition) is 4. The molecule has 0 aliphatic rings. The summed E-state index contributed by atoms with van der Waals surface area (Å²) in [5, 5.41) is 0. The van der Waals surface area contributed by atoms with Crippen LogP contribution in [0, 0.1) is 0 Å². The molecular formula is C5H13NO4S2. The summed E-state index contributed by atoms with van der Waals surface area (Å²) in [4.78, 5) is 0. The molecule has 0 aromatic rings. The molecule has 0 aromatic heterocycles. The molecule has 0 heterocycles. The van der Waals surface area contributed by atoms with E-state index < -0.39 is 20.0 Å². The largest absolute Gasteiger partial charge is 0.226 e. The van der Waals surface area contributed by atoms with Crippen LogP contribution in [-0.2, 0) is 20.0 Å². The summed E-state index contributed by atoms with van der Waals surface area (Å²) >= 11 is 0. The molecule has 5 nitrogen and oxygen atoms in total. The Labute approximate surface area is 73.5 Å². The van der Waals surface area contributed by atoms with Crippen LogP contribution in [0.15, 0.2) is 0 Å². The zero-order valence-corrected chi connectivity index (χ0v) is 8.94. The number of sulfonamides is 2. The summed E-state index contributed by atoms with van der Waals surface area (Å²) in [5.74, 6) is -0.411. The standard InChI is InChI=1S/C5H13NO4S2/c1-4-11(7,8)6(3)12(9,10)5-2/h4-5H2,1-3H3. The van der Waals surface area contributed by atoms with Crippen molar-refractivity contribution >= 4 is 20.0 Å². The van der Waals surface area contributed by atoms with Gasteiger partial charge in [-0.15, -0.1) is 0 Å². The predicted molar refractivity (Wildman–Crippen MR) is 46.7 cm³/mol. The van der Waals surface area contributed by atoms with E-state index in [2.05, 4.69) is 0 Å². The molecule has 0 saturated heterocycles. The van der Waals surface area contributed by atoms with Crippen molar-refractivity contribution in [2.24, 2.45) is 0 Å². The van der Waals surface area contributed by atoms with E-state index in [4.69, 9.17) is 0 Å². The molecule has 0 N–H and O–H groups in total. The first-order valence-corrected chi connectivity index (χ1v) is 6.69. The molecule has 0 saturated carbocycles. The van der Waals surface area contributed by atoms with Crippen molar-refractivity contribution < 1.29 is 16.8 Å². The van der Waals surface area contributed by atoms with E-state index in [1.165, 1.54) is 13.8 Å². The Bertz CT molecular complexity index is 294. The van der Waals surface area contributed by atoms with Crippen molar-refractivity contribution in [3.8, 4) is 0 Å². The topological polar surface area (TPSA) is 71.5 Å². The average Bonchev–Trinajstić information content (AvgIpc) is 2.03. The van der Waals surface area contributed by atoms with Gasteiger partial charge >= 0.3 is 0 Å². The molecule has 0 aromatic carbocycles. The molecule has 0 radical (unpaired) electrons. The van der Waals surface area contributed by atoms with Crippen molar-refractivity contribution in [3.63, 3.8) is 0 Å². The zero-order valence-electron chi connectivity index (χ0n) is 7.31. The highest BCUT2D eigenvalue weighted by Gasteiger charge is 2.26. The van der Waals surface area contributed by atoms with Crippen LogP contribution in [0.1, 0.15) is 13.8 Å². The molecule has 0 aliphatic carbocycles. The van der Waals surface area contributed by atoms with Crippen LogP contribution >= 0.6 is 0 Å². The third-order valence-electron chi connectivity index (χ3n) is 1.51. The molecule has 0 atom stereocenters. The second-order valence-corrected chi connectivity index (χ2v) is 6.99. The van der Waals surface area contributed by atoms with Gasteiger partial charge in [-0.3, -0.25) is 0 Å². The Morgan fingerprint density at radius 2 is 1.17 bits per heavy atom. The van der Waals surface area contributed by atoms with E-state index >= 15 is 0 Å². The summed E-state index contributed by atoms with van der Waals surface area (Å²) in [5.41, 5.74) is 0. The molecule has 12 heavy (non-hydrogen) atoms. The maximum Gasteiger partial charge on any atom is 0.226 e. The highest BCUT2D eigenvalue weighted by molar-refractivity contribution is 8.03. The van der Waals surface area contributed by atoms with Gasteiger partial charge in [0.05, 0.1) is 11.5 Å². The Hall–Kier alpha value is -0.140. The Balaban J connectivity index is 5.00. The molecule has 0 spiro atoms. The lowest BCUT2D eigenvalue weighted by Gasteiger charge is -2.14. The van der Waals surface area contributed by atoms with E-state index in [9.17, 15) is 16.8 Å². The van der Waals surface area contributed by atoms with Gasteiger partial charge in [0.1, 0.15) is 0 Å². The molecule has 0 rings (SSSR count). The fourth-order valence-corrected chi connectivity index (χ4v) is 3.28. The van der Waals surface area contributed by atoms with Gasteiger partial charge in [-0.2, -0.15) is 0 Å². The molecule has 0 aliphatic heterocycles. The molecule has 7 heteroatoms. The summed E-state index contributed by atoms with van der Waals surface area (Å²) < 4.78 is 44.6. The normalized spacial score (nSPS) is 13.7. The number of rotatable bonds is 4. The predicted octanol–water partition coefficient (Wildman–Crippen LogP) is -0.382. The van der Waals surface area contributed by atoms with Gasteiger partial charge < -0.3 is 0 Å². The lowest BCUT2D eigenvalue weighted by Crippen LogP contribution is -2.35. The van der Waals surface area contributed by atoms with Crippen molar-refractivity contribution in [1.82, 2.24) is 3.71 Å². The van der Waals surface area contributed by atoms with E-state index in [1.54, 1.807) is 0 Å². The SMILES string of the molecule is CCS(=O)(=O)N(C)S(=O)(=O)CC. The van der Waals surface area contributed by atoms with E-state index in [1.807, 2.05) is 0 Å². The van der Waals surface area contributed by atoms with Crippen molar-refractivity contribution in [1.29, 1.82) is 0 Å². The summed E-state index contributed by atoms with van der Waals surface area (Å²) in [6.07, 6.45) is 0. The fourth-order valence-electron chi connectivity index (χ4n) is 0.537. The van der Waals surface area contributed by atoms with Crippen LogP contribution in [-0.4, -0.2) is 39.1 Å². The van der Waals surface area contributed by atoms with Gasteiger partial charge in [0, 0.05) is 7.05 Å². The number of hydrogen-bond donors (Lipinski definition) is 0. The first-order valence-electron chi connectivity index (χ1n) is 3.47. The Morgan fingerprint density at radius 3 is 1.33 bits per heavy atom. The monoisotopic (exact) mass is 215 g/mol. The quantitative estimate of drug-likeness (QED) is 0.640. The van der Waals surface area contributed by atoms with Gasteiger partial charge in [0.15, 0.2) is 0 Å². The summed E-state index contributed by atoms with van der Waals surface area (Å²) in [6.45, 7) is 2.80. The highest BCUT2D eigenvalue weighted by atomic mass is 32.3. The second-order valence-electron chi connectivity index (χ2n) is 2.18. The highest BCUT2D eigenvalue weighted by Crippen LogP contribution is 2.05.